The fourth-order valence-corrected chi connectivity index (χ4v) is 2.14. The van der Waals surface area contributed by atoms with Gasteiger partial charge in [0.1, 0.15) is 5.82 Å². The van der Waals surface area contributed by atoms with Gasteiger partial charge in [0.2, 0.25) is 0 Å². The summed E-state index contributed by atoms with van der Waals surface area (Å²) in [5.74, 6) is 0.655. The Morgan fingerprint density at radius 3 is 2.43 bits per heavy atom. The molecule has 1 saturated heterocycles. The molecule has 9 heteroatoms. The van der Waals surface area contributed by atoms with Crippen LogP contribution >= 0.6 is 0 Å². The molecular formula is C12H16F3N5O. The number of nitrogens with two attached hydrogens (primary N) is 1. The van der Waals surface area contributed by atoms with Crippen LogP contribution in [0.1, 0.15) is 5.56 Å². The van der Waals surface area contributed by atoms with E-state index in [1.807, 2.05) is 9.80 Å². The minimum absolute atomic E-state index is 0.135. The first kappa shape index (κ1) is 15.4. The molecule has 0 atom stereocenters. The van der Waals surface area contributed by atoms with Crippen LogP contribution in [0.4, 0.5) is 19.0 Å². The zero-order chi connectivity index (χ0) is 15.5. The Morgan fingerprint density at radius 1 is 1.29 bits per heavy atom. The van der Waals surface area contributed by atoms with Gasteiger partial charge in [0.15, 0.2) is 5.84 Å². The predicted octanol–water partition coefficient (Wildman–Crippen LogP) is 0.969. The van der Waals surface area contributed by atoms with Crippen LogP contribution in [0, 0.1) is 0 Å². The van der Waals surface area contributed by atoms with Crippen molar-refractivity contribution >= 4 is 11.7 Å². The first-order chi connectivity index (χ1) is 9.90. The number of nitrogens with zero attached hydrogens (tertiary/aromatic N) is 4. The molecule has 0 saturated carbocycles. The lowest BCUT2D eigenvalue weighted by Gasteiger charge is -2.35. The van der Waals surface area contributed by atoms with Gasteiger partial charge in [0.05, 0.1) is 12.1 Å². The van der Waals surface area contributed by atoms with Crippen molar-refractivity contribution in [2.24, 2.45) is 10.9 Å². The normalized spacial score (nSPS) is 18.0. The van der Waals surface area contributed by atoms with E-state index in [9.17, 15) is 13.2 Å². The van der Waals surface area contributed by atoms with E-state index in [2.05, 4.69) is 10.1 Å². The van der Waals surface area contributed by atoms with Gasteiger partial charge in [0.25, 0.3) is 0 Å². The summed E-state index contributed by atoms with van der Waals surface area (Å²) in [6.45, 7) is 2.94. The van der Waals surface area contributed by atoms with Crippen molar-refractivity contribution in [3.05, 3.63) is 23.9 Å². The number of oxime groups is 1. The summed E-state index contributed by atoms with van der Waals surface area (Å²) in [6, 6.07) is 2.41. The van der Waals surface area contributed by atoms with Gasteiger partial charge >= 0.3 is 6.18 Å². The molecule has 0 aromatic carbocycles. The molecule has 1 aromatic heterocycles. The van der Waals surface area contributed by atoms with Crippen LogP contribution in [0.5, 0.6) is 0 Å². The average Bonchev–Trinajstić information content (AvgIpc) is 2.47. The number of hydrogen-bond acceptors (Lipinski definition) is 5. The smallest absolute Gasteiger partial charge is 0.409 e. The maximum Gasteiger partial charge on any atom is 0.417 e. The molecule has 0 unspecified atom stereocenters. The van der Waals surface area contributed by atoms with Gasteiger partial charge in [-0.2, -0.15) is 13.2 Å². The van der Waals surface area contributed by atoms with Crippen molar-refractivity contribution in [1.29, 1.82) is 0 Å². The van der Waals surface area contributed by atoms with Crippen molar-refractivity contribution in [2.75, 3.05) is 37.6 Å². The van der Waals surface area contributed by atoms with E-state index < -0.39 is 11.7 Å². The van der Waals surface area contributed by atoms with E-state index in [-0.39, 0.29) is 5.84 Å². The van der Waals surface area contributed by atoms with E-state index in [0.29, 0.717) is 38.5 Å². The summed E-state index contributed by atoms with van der Waals surface area (Å²) in [6.07, 6.45) is -3.52. The molecule has 1 fully saturated rings. The predicted molar refractivity (Wildman–Crippen MR) is 71.3 cm³/mol. The van der Waals surface area contributed by atoms with Crippen LogP contribution in [-0.4, -0.2) is 53.7 Å². The third kappa shape index (κ3) is 3.97. The van der Waals surface area contributed by atoms with Gasteiger partial charge in [0, 0.05) is 32.4 Å². The van der Waals surface area contributed by atoms with Gasteiger partial charge < -0.3 is 15.8 Å². The van der Waals surface area contributed by atoms with Gasteiger partial charge in [-0.05, 0) is 12.1 Å². The highest BCUT2D eigenvalue weighted by Crippen LogP contribution is 2.29. The highest BCUT2D eigenvalue weighted by atomic mass is 19.4. The Morgan fingerprint density at radius 2 is 1.95 bits per heavy atom. The summed E-state index contributed by atoms with van der Waals surface area (Å²) in [7, 11) is 0. The summed E-state index contributed by atoms with van der Waals surface area (Å²) < 4.78 is 37.4. The zero-order valence-corrected chi connectivity index (χ0v) is 11.2. The number of hydrogen-bond donors (Lipinski definition) is 2. The zero-order valence-electron chi connectivity index (χ0n) is 11.2. The third-order valence-corrected chi connectivity index (χ3v) is 3.29. The number of piperazine rings is 1. The summed E-state index contributed by atoms with van der Waals surface area (Å²) in [4.78, 5) is 7.77. The SMILES string of the molecule is NC(CN1CCN(c2ccc(C(F)(F)F)cn2)CC1)=NO. The topological polar surface area (TPSA) is 78.0 Å². The largest absolute Gasteiger partial charge is 0.417 e. The Bertz CT molecular complexity index is 495. The standard InChI is InChI=1S/C12H16F3N5O/c13-12(14,15)9-1-2-11(17-7-9)20-5-3-19(4-6-20)8-10(16)18-21/h1-2,7,21H,3-6,8H2,(H2,16,18). The van der Waals surface area contributed by atoms with Crippen LogP contribution < -0.4 is 10.6 Å². The molecule has 116 valence electrons. The van der Waals surface area contributed by atoms with Crippen molar-refractivity contribution in [3.63, 3.8) is 0 Å². The first-order valence-corrected chi connectivity index (χ1v) is 6.37. The molecule has 2 rings (SSSR count). The first-order valence-electron chi connectivity index (χ1n) is 6.37. The quantitative estimate of drug-likeness (QED) is 0.376. The molecule has 1 aliphatic rings. The molecule has 0 aliphatic carbocycles. The van der Waals surface area contributed by atoms with Crippen LogP contribution in [0.15, 0.2) is 23.5 Å². The van der Waals surface area contributed by atoms with Gasteiger partial charge in [-0.1, -0.05) is 5.16 Å². The molecule has 2 heterocycles. The number of anilines is 1. The number of pyridine rings is 1. The fraction of sp³-hybridized carbons (Fsp3) is 0.500. The van der Waals surface area contributed by atoms with Crippen molar-refractivity contribution in [1.82, 2.24) is 9.88 Å². The molecule has 0 bridgehead atoms. The van der Waals surface area contributed by atoms with Crippen LogP contribution in [0.25, 0.3) is 0 Å². The van der Waals surface area contributed by atoms with Crippen LogP contribution in [-0.2, 0) is 6.18 Å². The average molecular weight is 303 g/mol. The third-order valence-electron chi connectivity index (χ3n) is 3.29. The van der Waals surface area contributed by atoms with Crippen molar-refractivity contribution in [3.8, 4) is 0 Å². The number of amidine groups is 1. The van der Waals surface area contributed by atoms with E-state index in [1.54, 1.807) is 0 Å². The van der Waals surface area contributed by atoms with E-state index in [0.717, 1.165) is 12.3 Å². The molecular weight excluding hydrogens is 287 g/mol. The van der Waals surface area contributed by atoms with Gasteiger partial charge in [-0.3, -0.25) is 4.90 Å². The lowest BCUT2D eigenvalue weighted by atomic mass is 10.2. The minimum Gasteiger partial charge on any atom is -0.409 e. The van der Waals surface area contributed by atoms with Crippen LogP contribution in [0.2, 0.25) is 0 Å². The van der Waals surface area contributed by atoms with Crippen molar-refractivity contribution < 1.29 is 18.4 Å². The molecule has 6 nitrogen and oxygen atoms in total. The van der Waals surface area contributed by atoms with E-state index in [1.165, 1.54) is 6.07 Å². The van der Waals surface area contributed by atoms with E-state index >= 15 is 0 Å². The summed E-state index contributed by atoms with van der Waals surface area (Å²) in [5.41, 5.74) is 4.68. The second-order valence-electron chi connectivity index (χ2n) is 4.76. The minimum atomic E-state index is -4.37. The van der Waals surface area contributed by atoms with Crippen molar-refractivity contribution in [2.45, 2.75) is 6.18 Å². The molecule has 0 radical (unpaired) electrons. The summed E-state index contributed by atoms with van der Waals surface area (Å²) >= 11 is 0. The molecule has 1 aliphatic heterocycles. The maximum atomic E-state index is 12.5. The number of rotatable bonds is 3. The Labute approximate surface area is 119 Å². The molecule has 21 heavy (non-hydrogen) atoms. The summed E-state index contributed by atoms with van der Waals surface area (Å²) in [5, 5.41) is 11.4. The highest BCUT2D eigenvalue weighted by Gasteiger charge is 2.31. The second kappa shape index (κ2) is 6.17. The lowest BCUT2D eigenvalue weighted by Crippen LogP contribution is -2.49. The lowest BCUT2D eigenvalue weighted by molar-refractivity contribution is -0.137. The highest BCUT2D eigenvalue weighted by molar-refractivity contribution is 5.81. The van der Waals surface area contributed by atoms with Gasteiger partial charge in [-0.15, -0.1) is 0 Å². The molecule has 0 spiro atoms. The monoisotopic (exact) mass is 303 g/mol. The molecule has 3 N–H and O–H groups in total. The number of alkyl halides is 3. The second-order valence-corrected chi connectivity index (χ2v) is 4.76. The number of aromatic nitrogens is 1. The Balaban J connectivity index is 1.93. The van der Waals surface area contributed by atoms with Gasteiger partial charge in [-0.25, -0.2) is 4.98 Å². The van der Waals surface area contributed by atoms with E-state index in [4.69, 9.17) is 10.9 Å². The molecule has 1 aromatic rings. The fourth-order valence-electron chi connectivity index (χ4n) is 2.14. The van der Waals surface area contributed by atoms with Crippen LogP contribution in [0.3, 0.4) is 0 Å². The maximum absolute atomic E-state index is 12.5. The Hall–Kier alpha value is -2.03. The number of halogens is 3. The Kier molecular flexibility index (Phi) is 4.51. The molecule has 0 amide bonds.